The van der Waals surface area contributed by atoms with Gasteiger partial charge in [0.1, 0.15) is 21.2 Å². The lowest BCUT2D eigenvalue weighted by atomic mass is 9.87. The maximum Gasteiger partial charge on any atom is 0.348 e. The van der Waals surface area contributed by atoms with E-state index in [1.54, 1.807) is 0 Å². The monoisotopic (exact) mass is 469 g/mol. The van der Waals surface area contributed by atoms with Crippen molar-refractivity contribution in [2.75, 3.05) is 26.3 Å². The van der Waals surface area contributed by atoms with Gasteiger partial charge in [-0.15, -0.1) is 11.3 Å². The van der Waals surface area contributed by atoms with Crippen LogP contribution >= 0.6 is 22.9 Å². The Labute approximate surface area is 195 Å². The molecule has 1 aromatic carbocycles. The normalized spacial score (nSPS) is 16.9. The van der Waals surface area contributed by atoms with Crippen molar-refractivity contribution in [3.05, 3.63) is 45.4 Å². The zero-order chi connectivity index (χ0) is 22.2. The Bertz CT molecular complexity index is 1210. The van der Waals surface area contributed by atoms with Crippen molar-refractivity contribution in [2.45, 2.75) is 32.6 Å². The lowest BCUT2D eigenvalue weighted by Crippen LogP contribution is -2.39. The first kappa shape index (κ1) is 21.4. The van der Waals surface area contributed by atoms with Crippen LogP contribution in [0, 0.1) is 0 Å². The fourth-order valence-corrected chi connectivity index (χ4v) is 5.68. The molecule has 1 fully saturated rings. The Morgan fingerprint density at radius 1 is 1.19 bits per heavy atom. The Morgan fingerprint density at radius 2 is 1.91 bits per heavy atom. The van der Waals surface area contributed by atoms with Crippen LogP contribution in [-0.2, 0) is 17.6 Å². The SMILES string of the molecule is CC(=Nc1c(C(=O)O)sc2nc3c(c(-c4ccc(Cl)cc4)c12)CCCC3)N1CCOCC1. The summed E-state index contributed by atoms with van der Waals surface area (Å²) in [5.41, 5.74) is 4.87. The summed E-state index contributed by atoms with van der Waals surface area (Å²) >= 11 is 7.39. The number of hydrogen-bond donors (Lipinski definition) is 1. The largest absolute Gasteiger partial charge is 0.477 e. The number of carbonyl (C=O) groups is 1. The number of hydrogen-bond acceptors (Lipinski definition) is 5. The Kier molecular flexibility index (Phi) is 5.88. The van der Waals surface area contributed by atoms with Crippen molar-refractivity contribution in [2.24, 2.45) is 4.99 Å². The molecule has 0 atom stereocenters. The molecule has 1 saturated heterocycles. The van der Waals surface area contributed by atoms with Crippen LogP contribution in [0.25, 0.3) is 21.3 Å². The van der Waals surface area contributed by atoms with Gasteiger partial charge < -0.3 is 14.7 Å². The topological polar surface area (TPSA) is 75.0 Å². The van der Waals surface area contributed by atoms with Crippen molar-refractivity contribution >= 4 is 50.6 Å². The van der Waals surface area contributed by atoms with Crippen LogP contribution in [0.15, 0.2) is 29.3 Å². The minimum Gasteiger partial charge on any atom is -0.477 e. The van der Waals surface area contributed by atoms with Gasteiger partial charge in [-0.25, -0.2) is 14.8 Å². The van der Waals surface area contributed by atoms with Crippen molar-refractivity contribution in [1.29, 1.82) is 0 Å². The molecule has 166 valence electrons. The van der Waals surface area contributed by atoms with Crippen LogP contribution in [0.2, 0.25) is 5.02 Å². The van der Waals surface area contributed by atoms with E-state index >= 15 is 0 Å². The predicted octanol–water partition coefficient (Wildman–Crippen LogP) is 5.58. The fraction of sp³-hybridized carbons (Fsp3) is 0.375. The minimum absolute atomic E-state index is 0.234. The Hall–Kier alpha value is -2.48. The van der Waals surface area contributed by atoms with E-state index in [9.17, 15) is 9.90 Å². The number of aromatic carboxylic acids is 1. The standard InChI is InChI=1S/C24H24ClN3O3S/c1-14(28-10-12-31-13-11-28)26-21-20-19(15-6-8-16(25)9-7-15)17-4-2-3-5-18(17)27-23(20)32-22(21)24(29)30/h6-9H,2-5,10-13H2,1H3,(H,29,30). The average Bonchev–Trinajstić information content (AvgIpc) is 3.17. The average molecular weight is 470 g/mol. The van der Waals surface area contributed by atoms with E-state index in [0.29, 0.717) is 23.9 Å². The summed E-state index contributed by atoms with van der Waals surface area (Å²) in [7, 11) is 0. The van der Waals surface area contributed by atoms with Crippen LogP contribution in [0.4, 0.5) is 5.69 Å². The second-order valence-electron chi connectivity index (χ2n) is 8.15. The molecule has 2 aliphatic rings. The summed E-state index contributed by atoms with van der Waals surface area (Å²) < 4.78 is 5.46. The molecule has 1 aliphatic carbocycles. The van der Waals surface area contributed by atoms with Gasteiger partial charge in [-0.3, -0.25) is 0 Å². The van der Waals surface area contributed by atoms with Crippen LogP contribution in [-0.4, -0.2) is 53.1 Å². The number of amidine groups is 1. The van der Waals surface area contributed by atoms with E-state index < -0.39 is 5.97 Å². The number of aryl methyl sites for hydroxylation is 1. The first-order chi connectivity index (χ1) is 15.5. The number of halogens is 1. The van der Waals surface area contributed by atoms with Crippen molar-refractivity contribution in [3.63, 3.8) is 0 Å². The number of aromatic nitrogens is 1. The number of aliphatic imine (C=N–C) groups is 1. The van der Waals surface area contributed by atoms with E-state index in [0.717, 1.165) is 71.6 Å². The van der Waals surface area contributed by atoms with Gasteiger partial charge in [0.15, 0.2) is 0 Å². The zero-order valence-electron chi connectivity index (χ0n) is 17.9. The number of thiophene rings is 1. The third-order valence-corrected chi connectivity index (χ3v) is 7.47. The molecule has 0 unspecified atom stereocenters. The highest BCUT2D eigenvalue weighted by atomic mass is 35.5. The number of fused-ring (bicyclic) bond motifs is 2. The van der Waals surface area contributed by atoms with Crippen molar-refractivity contribution < 1.29 is 14.6 Å². The molecule has 0 radical (unpaired) electrons. The molecular formula is C24H24ClN3O3S. The molecule has 5 rings (SSSR count). The number of nitrogens with zero attached hydrogens (tertiary/aromatic N) is 3. The molecule has 0 amide bonds. The summed E-state index contributed by atoms with van der Waals surface area (Å²) in [6.07, 6.45) is 4.05. The third kappa shape index (κ3) is 3.89. The second-order valence-corrected chi connectivity index (χ2v) is 9.59. The van der Waals surface area contributed by atoms with Gasteiger partial charge in [-0.2, -0.15) is 0 Å². The lowest BCUT2D eigenvalue weighted by Gasteiger charge is -2.28. The summed E-state index contributed by atoms with van der Waals surface area (Å²) in [6, 6.07) is 7.77. The first-order valence-electron chi connectivity index (χ1n) is 10.9. The molecule has 1 aliphatic heterocycles. The van der Waals surface area contributed by atoms with Gasteiger partial charge >= 0.3 is 5.97 Å². The van der Waals surface area contributed by atoms with Gasteiger partial charge in [-0.05, 0) is 61.4 Å². The second kappa shape index (κ2) is 8.81. The third-order valence-electron chi connectivity index (χ3n) is 6.16. The smallest absolute Gasteiger partial charge is 0.348 e. The summed E-state index contributed by atoms with van der Waals surface area (Å²) in [5, 5.41) is 11.5. The Morgan fingerprint density at radius 3 is 2.62 bits per heavy atom. The van der Waals surface area contributed by atoms with Gasteiger partial charge in [-0.1, -0.05) is 23.7 Å². The summed E-state index contributed by atoms with van der Waals surface area (Å²) in [6.45, 7) is 4.73. The van der Waals surface area contributed by atoms with Crippen LogP contribution in [0.3, 0.4) is 0 Å². The van der Waals surface area contributed by atoms with Crippen LogP contribution < -0.4 is 0 Å². The molecule has 1 N–H and O–H groups in total. The highest BCUT2D eigenvalue weighted by molar-refractivity contribution is 7.21. The number of rotatable bonds is 3. The molecular weight excluding hydrogens is 446 g/mol. The van der Waals surface area contributed by atoms with E-state index in [4.69, 9.17) is 26.3 Å². The molecule has 8 heteroatoms. The Balaban J connectivity index is 1.79. The maximum absolute atomic E-state index is 12.2. The van der Waals surface area contributed by atoms with Gasteiger partial charge in [0.05, 0.1) is 13.2 Å². The molecule has 6 nitrogen and oxygen atoms in total. The first-order valence-corrected chi connectivity index (χ1v) is 12.1. The van der Waals surface area contributed by atoms with Gasteiger partial charge in [0.2, 0.25) is 0 Å². The number of ether oxygens (including phenoxy) is 1. The minimum atomic E-state index is -0.971. The number of carboxylic acid groups (broad SMARTS) is 1. The van der Waals surface area contributed by atoms with Crippen molar-refractivity contribution in [3.8, 4) is 11.1 Å². The summed E-state index contributed by atoms with van der Waals surface area (Å²) in [4.78, 5) is 25.2. The highest BCUT2D eigenvalue weighted by Gasteiger charge is 2.27. The molecule has 0 saturated carbocycles. The van der Waals surface area contributed by atoms with Crippen molar-refractivity contribution in [1.82, 2.24) is 9.88 Å². The molecule has 3 heterocycles. The zero-order valence-corrected chi connectivity index (χ0v) is 19.4. The van der Waals surface area contributed by atoms with Crippen LogP contribution in [0.1, 0.15) is 40.7 Å². The molecule has 3 aromatic rings. The molecule has 32 heavy (non-hydrogen) atoms. The maximum atomic E-state index is 12.2. The quantitative estimate of drug-likeness (QED) is 0.400. The lowest BCUT2D eigenvalue weighted by molar-refractivity contribution is 0.0677. The van der Waals surface area contributed by atoms with E-state index in [1.165, 1.54) is 16.9 Å². The van der Waals surface area contributed by atoms with Crippen LogP contribution in [0.5, 0.6) is 0 Å². The number of pyridine rings is 1. The molecule has 0 bridgehead atoms. The van der Waals surface area contributed by atoms with Gasteiger partial charge in [0.25, 0.3) is 0 Å². The molecule has 0 spiro atoms. The van der Waals surface area contributed by atoms with E-state index in [1.807, 2.05) is 31.2 Å². The number of morpholine rings is 1. The number of carboxylic acids is 1. The predicted molar refractivity (Wildman–Crippen MR) is 129 cm³/mol. The highest BCUT2D eigenvalue weighted by Crippen LogP contribution is 2.46. The number of benzene rings is 1. The molecule has 2 aromatic heterocycles. The van der Waals surface area contributed by atoms with E-state index in [-0.39, 0.29) is 4.88 Å². The van der Waals surface area contributed by atoms with E-state index in [2.05, 4.69) is 4.90 Å². The summed E-state index contributed by atoms with van der Waals surface area (Å²) in [5.74, 6) is -0.170. The fourth-order valence-electron chi connectivity index (χ4n) is 4.58. The van der Waals surface area contributed by atoms with Gasteiger partial charge in [0, 0.05) is 29.2 Å².